The molecule has 4 heteroatoms. The molecule has 0 bridgehead atoms. The molecule has 2 saturated heterocycles. The Hall–Kier alpha value is -0.610. The number of hydrogen-bond donors (Lipinski definition) is 1. The largest absolute Gasteiger partial charge is 0.460 e. The lowest BCUT2D eigenvalue weighted by Crippen LogP contribution is -2.57. The SMILES string of the molecule is C[C@@H]1CCC[C@H](C)N1[C@H]1CNC[C@@H](C(=O)OC(C)(C)C)C1. The molecule has 0 unspecified atom stereocenters. The van der Waals surface area contributed by atoms with Crippen LogP contribution in [0.2, 0.25) is 0 Å². The molecule has 21 heavy (non-hydrogen) atoms. The number of rotatable bonds is 2. The van der Waals surface area contributed by atoms with E-state index < -0.39 is 5.60 Å². The quantitative estimate of drug-likeness (QED) is 0.795. The number of nitrogens with zero attached hydrogens (tertiary/aromatic N) is 1. The summed E-state index contributed by atoms with van der Waals surface area (Å²) in [5.41, 5.74) is -0.393. The molecule has 2 aliphatic heterocycles. The molecule has 2 heterocycles. The fourth-order valence-electron chi connectivity index (χ4n) is 3.87. The molecule has 2 rings (SSSR count). The van der Waals surface area contributed by atoms with E-state index in [-0.39, 0.29) is 11.9 Å². The minimum absolute atomic E-state index is 0.00991. The summed E-state index contributed by atoms with van der Waals surface area (Å²) >= 11 is 0. The first-order valence-corrected chi connectivity index (χ1v) is 8.49. The Bertz CT molecular complexity index is 354. The lowest BCUT2D eigenvalue weighted by molar-refractivity contribution is -0.161. The number of carbonyl (C=O) groups excluding carboxylic acids is 1. The van der Waals surface area contributed by atoms with E-state index in [0.29, 0.717) is 18.1 Å². The van der Waals surface area contributed by atoms with Gasteiger partial charge in [0.1, 0.15) is 5.60 Å². The molecule has 0 aromatic carbocycles. The van der Waals surface area contributed by atoms with Gasteiger partial charge in [-0.05, 0) is 53.9 Å². The molecule has 4 atom stereocenters. The van der Waals surface area contributed by atoms with Crippen LogP contribution in [0.25, 0.3) is 0 Å². The van der Waals surface area contributed by atoms with Crippen molar-refractivity contribution >= 4 is 5.97 Å². The zero-order chi connectivity index (χ0) is 15.6. The average Bonchev–Trinajstić information content (AvgIpc) is 2.37. The Morgan fingerprint density at radius 3 is 2.33 bits per heavy atom. The van der Waals surface area contributed by atoms with Gasteiger partial charge in [0, 0.05) is 31.2 Å². The molecule has 122 valence electrons. The van der Waals surface area contributed by atoms with E-state index in [9.17, 15) is 4.79 Å². The Balaban J connectivity index is 1.98. The normalized spacial score (nSPS) is 35.5. The maximum absolute atomic E-state index is 12.3. The van der Waals surface area contributed by atoms with E-state index in [2.05, 4.69) is 24.1 Å². The molecule has 2 aliphatic rings. The number of carbonyl (C=O) groups is 1. The van der Waals surface area contributed by atoms with Crippen LogP contribution in [0.5, 0.6) is 0 Å². The minimum atomic E-state index is -0.393. The monoisotopic (exact) mass is 296 g/mol. The first-order chi connectivity index (χ1) is 9.78. The Kier molecular flexibility index (Phi) is 5.31. The summed E-state index contributed by atoms with van der Waals surface area (Å²) in [6, 6.07) is 1.71. The third-order valence-corrected chi connectivity index (χ3v) is 4.75. The molecule has 2 fully saturated rings. The van der Waals surface area contributed by atoms with Gasteiger partial charge in [0.25, 0.3) is 0 Å². The van der Waals surface area contributed by atoms with Crippen LogP contribution in [0.4, 0.5) is 0 Å². The van der Waals surface area contributed by atoms with Crippen LogP contribution >= 0.6 is 0 Å². The molecule has 1 N–H and O–H groups in total. The third kappa shape index (κ3) is 4.43. The van der Waals surface area contributed by atoms with Crippen molar-refractivity contribution in [1.82, 2.24) is 10.2 Å². The van der Waals surface area contributed by atoms with Gasteiger partial charge >= 0.3 is 5.97 Å². The molecular formula is C17H32N2O2. The van der Waals surface area contributed by atoms with Crippen LogP contribution in [-0.4, -0.2) is 47.7 Å². The molecule has 4 nitrogen and oxygen atoms in total. The van der Waals surface area contributed by atoms with E-state index in [4.69, 9.17) is 4.74 Å². The topological polar surface area (TPSA) is 41.6 Å². The lowest BCUT2D eigenvalue weighted by atomic mass is 9.89. The van der Waals surface area contributed by atoms with Crippen molar-refractivity contribution in [2.45, 2.75) is 84.0 Å². The second-order valence-corrected chi connectivity index (χ2v) is 7.85. The van der Waals surface area contributed by atoms with Crippen molar-refractivity contribution in [2.75, 3.05) is 13.1 Å². The fourth-order valence-corrected chi connectivity index (χ4v) is 3.87. The summed E-state index contributed by atoms with van der Waals surface area (Å²) in [4.78, 5) is 15.0. The molecule has 0 aromatic heterocycles. The zero-order valence-electron chi connectivity index (χ0n) is 14.3. The van der Waals surface area contributed by atoms with E-state index in [1.807, 2.05) is 20.8 Å². The predicted octanol–water partition coefficient (Wildman–Crippen LogP) is 2.57. The number of likely N-dealkylation sites (tertiary alicyclic amines) is 1. The summed E-state index contributed by atoms with van der Waals surface area (Å²) in [6.45, 7) is 12.2. The van der Waals surface area contributed by atoms with Gasteiger partial charge in [0.05, 0.1) is 5.92 Å². The molecule has 0 saturated carbocycles. The van der Waals surface area contributed by atoms with E-state index in [1.165, 1.54) is 19.3 Å². The summed E-state index contributed by atoms with van der Waals surface area (Å²) in [7, 11) is 0. The van der Waals surface area contributed by atoms with Crippen molar-refractivity contribution in [1.29, 1.82) is 0 Å². The van der Waals surface area contributed by atoms with Gasteiger partial charge in [-0.15, -0.1) is 0 Å². The second kappa shape index (κ2) is 6.66. The van der Waals surface area contributed by atoms with Crippen LogP contribution < -0.4 is 5.32 Å². The first-order valence-electron chi connectivity index (χ1n) is 8.49. The second-order valence-electron chi connectivity index (χ2n) is 7.85. The molecule has 0 aromatic rings. The highest BCUT2D eigenvalue weighted by molar-refractivity contribution is 5.73. The summed E-state index contributed by atoms with van der Waals surface area (Å²) in [6.07, 6.45) is 4.81. The standard InChI is InChI=1S/C17H32N2O2/c1-12-7-6-8-13(2)19(12)15-9-14(10-18-11-15)16(20)21-17(3,4)5/h12-15,18H,6-11H2,1-5H3/t12-,13+,14-,15+/m0/s1. The van der Waals surface area contributed by atoms with Crippen LogP contribution in [0, 0.1) is 5.92 Å². The highest BCUT2D eigenvalue weighted by Gasteiger charge is 2.37. The van der Waals surface area contributed by atoms with Gasteiger partial charge in [-0.2, -0.15) is 0 Å². The highest BCUT2D eigenvalue weighted by Crippen LogP contribution is 2.29. The van der Waals surface area contributed by atoms with E-state index >= 15 is 0 Å². The summed E-state index contributed by atoms with van der Waals surface area (Å²) in [5, 5.41) is 3.45. The Morgan fingerprint density at radius 1 is 1.14 bits per heavy atom. The van der Waals surface area contributed by atoms with Gasteiger partial charge < -0.3 is 10.1 Å². The maximum Gasteiger partial charge on any atom is 0.310 e. The van der Waals surface area contributed by atoms with Crippen molar-refractivity contribution in [3.63, 3.8) is 0 Å². The van der Waals surface area contributed by atoms with Crippen molar-refractivity contribution in [3.8, 4) is 0 Å². The number of piperidine rings is 2. The maximum atomic E-state index is 12.3. The van der Waals surface area contributed by atoms with Crippen LogP contribution in [0.15, 0.2) is 0 Å². The van der Waals surface area contributed by atoms with Crippen molar-refractivity contribution < 1.29 is 9.53 Å². The van der Waals surface area contributed by atoms with Crippen molar-refractivity contribution in [3.05, 3.63) is 0 Å². The van der Waals surface area contributed by atoms with E-state index in [0.717, 1.165) is 19.5 Å². The van der Waals surface area contributed by atoms with Gasteiger partial charge in [-0.25, -0.2) is 0 Å². The van der Waals surface area contributed by atoms with Gasteiger partial charge in [0.15, 0.2) is 0 Å². The molecule has 0 amide bonds. The predicted molar refractivity (Wildman–Crippen MR) is 85.2 cm³/mol. The minimum Gasteiger partial charge on any atom is -0.460 e. The fraction of sp³-hybridized carbons (Fsp3) is 0.941. The lowest BCUT2D eigenvalue weighted by Gasteiger charge is -2.46. The third-order valence-electron chi connectivity index (χ3n) is 4.75. The van der Waals surface area contributed by atoms with Crippen LogP contribution in [0.1, 0.15) is 60.3 Å². The molecule has 0 spiro atoms. The Labute approximate surface area is 129 Å². The zero-order valence-corrected chi connectivity index (χ0v) is 14.3. The van der Waals surface area contributed by atoms with Crippen LogP contribution in [0.3, 0.4) is 0 Å². The van der Waals surface area contributed by atoms with Gasteiger partial charge in [0.2, 0.25) is 0 Å². The summed E-state index contributed by atoms with van der Waals surface area (Å²) in [5.74, 6) is -0.0543. The average molecular weight is 296 g/mol. The van der Waals surface area contributed by atoms with Gasteiger partial charge in [-0.1, -0.05) is 6.42 Å². The molecular weight excluding hydrogens is 264 g/mol. The number of ether oxygens (including phenoxy) is 1. The first kappa shape index (κ1) is 16.8. The number of nitrogens with one attached hydrogen (secondary N) is 1. The smallest absolute Gasteiger partial charge is 0.310 e. The summed E-state index contributed by atoms with van der Waals surface area (Å²) < 4.78 is 5.57. The van der Waals surface area contributed by atoms with Crippen molar-refractivity contribution in [2.24, 2.45) is 5.92 Å². The molecule has 0 radical (unpaired) electrons. The van der Waals surface area contributed by atoms with Gasteiger partial charge in [-0.3, -0.25) is 9.69 Å². The number of hydrogen-bond acceptors (Lipinski definition) is 4. The Morgan fingerprint density at radius 2 is 1.76 bits per heavy atom. The number of esters is 1. The molecule has 0 aliphatic carbocycles. The van der Waals surface area contributed by atoms with E-state index in [1.54, 1.807) is 0 Å². The highest BCUT2D eigenvalue weighted by atomic mass is 16.6. The van der Waals surface area contributed by atoms with Crippen LogP contribution in [-0.2, 0) is 9.53 Å².